The van der Waals surface area contributed by atoms with E-state index in [9.17, 15) is 17.6 Å². The number of carbonyl (C=O) groups excluding carboxylic acids is 1. The summed E-state index contributed by atoms with van der Waals surface area (Å²) in [6, 6.07) is 9.83. The molecule has 0 aromatic heterocycles. The third-order valence-electron chi connectivity index (χ3n) is 3.93. The van der Waals surface area contributed by atoms with Crippen molar-refractivity contribution in [2.75, 3.05) is 25.1 Å². The van der Waals surface area contributed by atoms with Crippen LogP contribution in [0.4, 0.5) is 4.39 Å². The Balaban J connectivity index is 1.82. The maximum atomic E-state index is 14.1. The van der Waals surface area contributed by atoms with E-state index in [-0.39, 0.29) is 30.3 Å². The van der Waals surface area contributed by atoms with Crippen molar-refractivity contribution in [2.45, 2.75) is 25.6 Å². The predicted octanol–water partition coefficient (Wildman–Crippen LogP) is 1.85. The molecule has 0 aliphatic carbocycles. The minimum Gasteiger partial charge on any atom is -0.300 e. The lowest BCUT2D eigenvalue weighted by atomic mass is 9.99. The number of rotatable bonds is 7. The third kappa shape index (κ3) is 5.50. The van der Waals surface area contributed by atoms with E-state index in [4.69, 9.17) is 0 Å². The highest BCUT2D eigenvalue weighted by atomic mass is 32.2. The number of likely N-dealkylation sites (tertiary alicyclic amines) is 1. The lowest BCUT2D eigenvalue weighted by molar-refractivity contribution is -0.119. The summed E-state index contributed by atoms with van der Waals surface area (Å²) in [7, 11) is -3.14. The lowest BCUT2D eigenvalue weighted by Gasteiger charge is -2.15. The molecule has 0 amide bonds. The zero-order valence-corrected chi connectivity index (χ0v) is 13.6. The summed E-state index contributed by atoms with van der Waals surface area (Å²) < 4.78 is 36.2. The fourth-order valence-corrected chi connectivity index (χ4v) is 3.37. The molecule has 6 heteroatoms. The van der Waals surface area contributed by atoms with Crippen LogP contribution in [0.15, 0.2) is 30.3 Å². The predicted molar refractivity (Wildman–Crippen MR) is 84.1 cm³/mol. The number of halogens is 1. The highest BCUT2D eigenvalue weighted by Gasteiger charge is 2.33. The molecular weight excluding hydrogens is 305 g/mol. The maximum absolute atomic E-state index is 14.1. The van der Waals surface area contributed by atoms with E-state index < -0.39 is 16.0 Å². The van der Waals surface area contributed by atoms with E-state index in [0.717, 1.165) is 11.8 Å². The van der Waals surface area contributed by atoms with Gasteiger partial charge in [0.05, 0.1) is 5.75 Å². The van der Waals surface area contributed by atoms with Gasteiger partial charge in [-0.2, -0.15) is 0 Å². The summed E-state index contributed by atoms with van der Waals surface area (Å²) in [5.74, 6) is -0.640. The van der Waals surface area contributed by atoms with Gasteiger partial charge in [0.2, 0.25) is 0 Å². The molecule has 4 nitrogen and oxygen atoms in total. The van der Waals surface area contributed by atoms with Crippen molar-refractivity contribution in [3.8, 4) is 0 Å². The summed E-state index contributed by atoms with van der Waals surface area (Å²) in [5.41, 5.74) is 1.12. The maximum Gasteiger partial charge on any atom is 0.147 e. The Labute approximate surface area is 131 Å². The lowest BCUT2D eigenvalue weighted by Crippen LogP contribution is -2.21. The van der Waals surface area contributed by atoms with Crippen molar-refractivity contribution in [1.29, 1.82) is 0 Å². The molecule has 122 valence electrons. The summed E-state index contributed by atoms with van der Waals surface area (Å²) in [4.78, 5) is 13.8. The van der Waals surface area contributed by atoms with Crippen LogP contribution in [0, 0.1) is 5.92 Å². The molecule has 1 aromatic carbocycles. The van der Waals surface area contributed by atoms with E-state index in [1.807, 2.05) is 35.2 Å². The van der Waals surface area contributed by atoms with Gasteiger partial charge in [0.1, 0.15) is 21.8 Å². The summed E-state index contributed by atoms with van der Waals surface area (Å²) >= 11 is 0. The van der Waals surface area contributed by atoms with Crippen LogP contribution in [-0.4, -0.2) is 50.4 Å². The van der Waals surface area contributed by atoms with Crippen LogP contribution < -0.4 is 0 Å². The number of benzene rings is 1. The van der Waals surface area contributed by atoms with E-state index in [0.29, 0.717) is 19.6 Å². The number of ketones is 1. The number of carbonyl (C=O) groups is 1. The number of alkyl halides is 1. The fraction of sp³-hybridized carbons (Fsp3) is 0.562. The normalized spacial score (nSPS) is 22.8. The monoisotopic (exact) mass is 327 g/mol. The minimum atomic E-state index is -3.14. The van der Waals surface area contributed by atoms with Crippen LogP contribution in [-0.2, 0) is 21.2 Å². The van der Waals surface area contributed by atoms with Crippen molar-refractivity contribution in [1.82, 2.24) is 4.90 Å². The summed E-state index contributed by atoms with van der Waals surface area (Å²) in [6.07, 6.45) is 0.198. The van der Waals surface area contributed by atoms with E-state index in [1.165, 1.54) is 0 Å². The molecule has 0 unspecified atom stereocenters. The van der Waals surface area contributed by atoms with Gasteiger partial charge in [-0.3, -0.25) is 9.69 Å². The Morgan fingerprint density at radius 2 is 1.95 bits per heavy atom. The Kier molecular flexibility index (Phi) is 5.69. The second-order valence-electron chi connectivity index (χ2n) is 6.08. The van der Waals surface area contributed by atoms with E-state index in [1.54, 1.807) is 0 Å². The van der Waals surface area contributed by atoms with Gasteiger partial charge in [0.25, 0.3) is 0 Å². The Morgan fingerprint density at radius 3 is 2.59 bits per heavy atom. The molecule has 0 N–H and O–H groups in total. The van der Waals surface area contributed by atoms with Crippen LogP contribution in [0.5, 0.6) is 0 Å². The van der Waals surface area contributed by atoms with Gasteiger partial charge < -0.3 is 0 Å². The first-order valence-electron chi connectivity index (χ1n) is 7.43. The van der Waals surface area contributed by atoms with Gasteiger partial charge in [-0.05, 0) is 5.56 Å². The number of nitrogens with zero attached hydrogens (tertiary/aromatic N) is 1. The van der Waals surface area contributed by atoms with E-state index in [2.05, 4.69) is 0 Å². The molecule has 1 aromatic rings. The topological polar surface area (TPSA) is 54.5 Å². The van der Waals surface area contributed by atoms with Gasteiger partial charge in [-0.1, -0.05) is 30.3 Å². The first-order valence-corrected chi connectivity index (χ1v) is 9.49. The Morgan fingerprint density at radius 1 is 1.27 bits per heavy atom. The quantitative estimate of drug-likeness (QED) is 0.767. The summed E-state index contributed by atoms with van der Waals surface area (Å²) in [6.45, 7) is 1.55. The van der Waals surface area contributed by atoms with Gasteiger partial charge in [0.15, 0.2) is 0 Å². The van der Waals surface area contributed by atoms with Gasteiger partial charge >= 0.3 is 0 Å². The van der Waals surface area contributed by atoms with Crippen LogP contribution in [0.3, 0.4) is 0 Å². The second-order valence-corrected chi connectivity index (χ2v) is 8.34. The number of hydrogen-bond donors (Lipinski definition) is 0. The number of sulfone groups is 1. The second kappa shape index (κ2) is 7.33. The van der Waals surface area contributed by atoms with Crippen LogP contribution >= 0.6 is 0 Å². The van der Waals surface area contributed by atoms with Crippen LogP contribution in [0.25, 0.3) is 0 Å². The van der Waals surface area contributed by atoms with Crippen molar-refractivity contribution in [3.63, 3.8) is 0 Å². The van der Waals surface area contributed by atoms with E-state index >= 15 is 0 Å². The number of Topliss-reactive ketones (excluding diaryl/α,β-unsaturated/α-hetero) is 1. The highest BCUT2D eigenvalue weighted by Crippen LogP contribution is 2.25. The van der Waals surface area contributed by atoms with Crippen LogP contribution in [0.1, 0.15) is 18.4 Å². The molecule has 1 saturated heterocycles. The molecule has 1 aliphatic rings. The molecule has 2 rings (SSSR count). The molecule has 1 aliphatic heterocycles. The van der Waals surface area contributed by atoms with Crippen molar-refractivity contribution >= 4 is 15.6 Å². The van der Waals surface area contributed by atoms with Crippen molar-refractivity contribution in [3.05, 3.63) is 35.9 Å². The molecule has 22 heavy (non-hydrogen) atoms. The molecule has 1 fully saturated rings. The van der Waals surface area contributed by atoms with Gasteiger partial charge in [-0.15, -0.1) is 0 Å². The molecule has 0 radical (unpaired) electrons. The first-order chi connectivity index (χ1) is 10.3. The van der Waals surface area contributed by atoms with Crippen molar-refractivity contribution < 1.29 is 17.6 Å². The molecule has 0 saturated carbocycles. The van der Waals surface area contributed by atoms with Crippen molar-refractivity contribution in [2.24, 2.45) is 5.92 Å². The highest BCUT2D eigenvalue weighted by molar-refractivity contribution is 7.90. The summed E-state index contributed by atoms with van der Waals surface area (Å²) in [5, 5.41) is 0. The minimum absolute atomic E-state index is 0.0132. The fourth-order valence-electron chi connectivity index (χ4n) is 2.77. The molecule has 0 bridgehead atoms. The Hall–Kier alpha value is -1.27. The average molecular weight is 327 g/mol. The third-order valence-corrected chi connectivity index (χ3v) is 4.87. The van der Waals surface area contributed by atoms with Gasteiger partial charge in [0, 0.05) is 44.6 Å². The smallest absolute Gasteiger partial charge is 0.147 e. The SMILES string of the molecule is CS(=O)(=O)CCC(=O)C[C@@H]1CN(Cc2ccccc2)C[C@H]1F. The standard InChI is InChI=1S/C16H22FNO3S/c1-22(20,21)8-7-15(19)9-14-11-18(12-16(14)17)10-13-5-3-2-4-6-13/h2-6,14,16H,7-12H2,1H3/t14-,16-/m1/s1. The molecule has 1 heterocycles. The Bertz CT molecular complexity index is 603. The largest absolute Gasteiger partial charge is 0.300 e. The zero-order chi connectivity index (χ0) is 16.2. The number of hydrogen-bond acceptors (Lipinski definition) is 4. The van der Waals surface area contributed by atoms with Crippen LogP contribution in [0.2, 0.25) is 0 Å². The first kappa shape index (κ1) is 17.1. The molecular formula is C16H22FNO3S. The molecule has 0 spiro atoms. The average Bonchev–Trinajstić information content (AvgIpc) is 2.77. The van der Waals surface area contributed by atoms with Gasteiger partial charge in [-0.25, -0.2) is 12.8 Å². The zero-order valence-electron chi connectivity index (χ0n) is 12.7. The molecule has 2 atom stereocenters.